The van der Waals surface area contributed by atoms with Crippen molar-refractivity contribution < 1.29 is 8.42 Å². The third kappa shape index (κ3) is 2.62. The Bertz CT molecular complexity index is 788. The number of aromatic nitrogens is 2. The molecule has 1 aromatic heterocycles. The minimum atomic E-state index is -3.32. The van der Waals surface area contributed by atoms with E-state index >= 15 is 0 Å². The van der Waals surface area contributed by atoms with Gasteiger partial charge in [-0.3, -0.25) is 0 Å². The molecule has 19 heavy (non-hydrogen) atoms. The van der Waals surface area contributed by atoms with Gasteiger partial charge in [-0.15, -0.1) is 0 Å². The maximum atomic E-state index is 11.7. The summed E-state index contributed by atoms with van der Waals surface area (Å²) in [6.07, 6.45) is 1.14. The third-order valence-electron chi connectivity index (χ3n) is 2.63. The van der Waals surface area contributed by atoms with E-state index in [1.807, 2.05) is 6.07 Å². The number of nitriles is 1. The highest BCUT2D eigenvalue weighted by molar-refractivity contribution is 7.90. The number of imidazole rings is 1. The molecule has 1 aromatic carbocycles. The van der Waals surface area contributed by atoms with Crippen LogP contribution in [0.5, 0.6) is 0 Å². The summed E-state index contributed by atoms with van der Waals surface area (Å²) in [6, 6.07) is 6.75. The lowest BCUT2D eigenvalue weighted by molar-refractivity contribution is 0.601. The van der Waals surface area contributed by atoms with Gasteiger partial charge in [-0.1, -0.05) is 23.7 Å². The van der Waals surface area contributed by atoms with Crippen LogP contribution in [0.2, 0.25) is 5.15 Å². The van der Waals surface area contributed by atoms with Crippen LogP contribution >= 0.6 is 11.6 Å². The molecule has 0 fully saturated rings. The Morgan fingerprint density at radius 2 is 2.11 bits per heavy atom. The Morgan fingerprint density at radius 3 is 2.63 bits per heavy atom. The Morgan fingerprint density at radius 1 is 1.42 bits per heavy atom. The SMILES string of the molecule is Cc1ccc(-c2nc(C#N)[nH]c2Cl)cc1S(C)(=O)=O. The summed E-state index contributed by atoms with van der Waals surface area (Å²) >= 11 is 5.95. The first-order valence-electron chi connectivity index (χ1n) is 5.29. The quantitative estimate of drug-likeness (QED) is 0.921. The van der Waals surface area contributed by atoms with E-state index in [9.17, 15) is 8.42 Å². The van der Waals surface area contributed by atoms with Crippen LogP contribution in [0.25, 0.3) is 11.3 Å². The zero-order valence-corrected chi connectivity index (χ0v) is 11.8. The molecule has 0 unspecified atom stereocenters. The predicted molar refractivity (Wildman–Crippen MR) is 71.6 cm³/mol. The second-order valence-electron chi connectivity index (χ2n) is 4.11. The van der Waals surface area contributed by atoms with Crippen molar-refractivity contribution in [1.82, 2.24) is 9.97 Å². The van der Waals surface area contributed by atoms with Gasteiger partial charge in [0.1, 0.15) is 16.9 Å². The average Bonchev–Trinajstić information content (AvgIpc) is 2.70. The van der Waals surface area contributed by atoms with Crippen molar-refractivity contribution in [2.24, 2.45) is 0 Å². The molecule has 0 radical (unpaired) electrons. The highest BCUT2D eigenvalue weighted by atomic mass is 35.5. The van der Waals surface area contributed by atoms with Gasteiger partial charge >= 0.3 is 0 Å². The minimum absolute atomic E-state index is 0.0847. The molecule has 0 aliphatic heterocycles. The van der Waals surface area contributed by atoms with Crippen molar-refractivity contribution in [2.75, 3.05) is 6.26 Å². The summed E-state index contributed by atoms with van der Waals surface area (Å²) in [5.41, 5.74) is 1.57. The second-order valence-corrected chi connectivity index (χ2v) is 6.47. The summed E-state index contributed by atoms with van der Waals surface area (Å²) in [5, 5.41) is 8.96. The molecule has 0 saturated heterocycles. The molecule has 1 N–H and O–H groups in total. The van der Waals surface area contributed by atoms with E-state index in [0.717, 1.165) is 6.26 Å². The molecule has 1 heterocycles. The van der Waals surface area contributed by atoms with Crippen molar-refractivity contribution in [1.29, 1.82) is 5.26 Å². The molecule has 0 saturated carbocycles. The Kier molecular flexibility index (Phi) is 3.35. The standard InChI is InChI=1S/C12H10ClN3O2S/c1-7-3-4-8(5-9(7)19(2,17)18)11-12(13)16-10(6-14)15-11/h3-5H,1-2H3,(H,15,16). The molecular weight excluding hydrogens is 286 g/mol. The lowest BCUT2D eigenvalue weighted by Crippen LogP contribution is -2.00. The van der Waals surface area contributed by atoms with Crippen molar-refractivity contribution >= 4 is 21.4 Å². The third-order valence-corrected chi connectivity index (χ3v) is 4.14. The van der Waals surface area contributed by atoms with Crippen molar-refractivity contribution in [3.63, 3.8) is 0 Å². The summed E-state index contributed by atoms with van der Waals surface area (Å²) < 4.78 is 23.3. The number of nitrogens with zero attached hydrogens (tertiary/aromatic N) is 2. The first-order chi connectivity index (χ1) is 8.82. The lowest BCUT2D eigenvalue weighted by atomic mass is 10.1. The molecule has 0 amide bonds. The van der Waals surface area contributed by atoms with Crippen LogP contribution in [0.4, 0.5) is 0 Å². The number of hydrogen-bond donors (Lipinski definition) is 1. The van der Waals surface area contributed by atoms with Crippen molar-refractivity contribution in [2.45, 2.75) is 11.8 Å². The molecule has 0 atom stereocenters. The van der Waals surface area contributed by atoms with Gasteiger partial charge in [-0.2, -0.15) is 5.26 Å². The van der Waals surface area contributed by atoms with Crippen LogP contribution in [-0.4, -0.2) is 24.6 Å². The number of H-pyrrole nitrogens is 1. The Balaban J connectivity index is 2.65. The molecule has 98 valence electrons. The highest BCUT2D eigenvalue weighted by Gasteiger charge is 2.15. The molecule has 2 aromatic rings. The number of benzene rings is 1. The number of aryl methyl sites for hydroxylation is 1. The smallest absolute Gasteiger partial charge is 0.211 e. The van der Waals surface area contributed by atoms with Gasteiger partial charge in [0.2, 0.25) is 5.82 Å². The molecule has 0 aliphatic carbocycles. The maximum absolute atomic E-state index is 11.7. The van der Waals surface area contributed by atoms with Crippen LogP contribution in [0, 0.1) is 18.3 Å². The molecule has 0 aliphatic rings. The van der Waals surface area contributed by atoms with E-state index in [2.05, 4.69) is 9.97 Å². The molecular formula is C12H10ClN3O2S. The van der Waals surface area contributed by atoms with Gasteiger partial charge in [0.15, 0.2) is 9.84 Å². The van der Waals surface area contributed by atoms with Gasteiger partial charge in [0, 0.05) is 11.8 Å². The van der Waals surface area contributed by atoms with Crippen LogP contribution in [-0.2, 0) is 9.84 Å². The lowest BCUT2D eigenvalue weighted by Gasteiger charge is -2.06. The van der Waals surface area contributed by atoms with Gasteiger partial charge in [-0.25, -0.2) is 13.4 Å². The first-order valence-corrected chi connectivity index (χ1v) is 7.56. The summed E-state index contributed by atoms with van der Waals surface area (Å²) in [6.45, 7) is 1.72. The van der Waals surface area contributed by atoms with Crippen molar-refractivity contribution in [3.05, 3.63) is 34.7 Å². The largest absolute Gasteiger partial charge is 0.320 e. The van der Waals surface area contributed by atoms with Crippen LogP contribution in [0.15, 0.2) is 23.1 Å². The Labute approximate surface area is 115 Å². The molecule has 0 bridgehead atoms. The topological polar surface area (TPSA) is 86.6 Å². The van der Waals surface area contributed by atoms with Gasteiger partial charge < -0.3 is 4.98 Å². The molecule has 2 rings (SSSR count). The monoisotopic (exact) mass is 295 g/mol. The summed E-state index contributed by atoms with van der Waals surface area (Å²) in [5.74, 6) is 0.0847. The predicted octanol–water partition coefficient (Wildman–Crippen LogP) is 2.31. The van der Waals surface area contributed by atoms with E-state index in [0.29, 0.717) is 16.8 Å². The second kappa shape index (κ2) is 4.68. The van der Waals surface area contributed by atoms with Crippen LogP contribution < -0.4 is 0 Å². The van der Waals surface area contributed by atoms with E-state index in [4.69, 9.17) is 16.9 Å². The number of nitrogens with one attached hydrogen (secondary N) is 1. The molecule has 7 heteroatoms. The van der Waals surface area contributed by atoms with Crippen LogP contribution in [0.3, 0.4) is 0 Å². The maximum Gasteiger partial charge on any atom is 0.211 e. The fraction of sp³-hybridized carbons (Fsp3) is 0.167. The first kappa shape index (κ1) is 13.6. The normalized spacial score (nSPS) is 11.3. The zero-order valence-electron chi connectivity index (χ0n) is 10.2. The molecule has 0 spiro atoms. The number of rotatable bonds is 2. The zero-order chi connectivity index (χ0) is 14.2. The van der Waals surface area contributed by atoms with Gasteiger partial charge in [0.25, 0.3) is 0 Å². The van der Waals surface area contributed by atoms with E-state index in [1.165, 1.54) is 6.07 Å². The minimum Gasteiger partial charge on any atom is -0.320 e. The van der Waals surface area contributed by atoms with E-state index in [-0.39, 0.29) is 15.9 Å². The van der Waals surface area contributed by atoms with Crippen molar-refractivity contribution in [3.8, 4) is 17.3 Å². The summed E-state index contributed by atoms with van der Waals surface area (Å²) in [7, 11) is -3.32. The number of aromatic amines is 1. The summed E-state index contributed by atoms with van der Waals surface area (Å²) in [4.78, 5) is 6.84. The number of hydrogen-bond acceptors (Lipinski definition) is 4. The van der Waals surface area contributed by atoms with E-state index < -0.39 is 9.84 Å². The van der Waals surface area contributed by atoms with Crippen LogP contribution in [0.1, 0.15) is 11.4 Å². The number of halogens is 1. The van der Waals surface area contributed by atoms with Gasteiger partial charge in [0.05, 0.1) is 4.90 Å². The Hall–Kier alpha value is -1.84. The number of sulfone groups is 1. The highest BCUT2D eigenvalue weighted by Crippen LogP contribution is 2.28. The van der Waals surface area contributed by atoms with Gasteiger partial charge in [-0.05, 0) is 18.6 Å². The van der Waals surface area contributed by atoms with E-state index in [1.54, 1.807) is 19.1 Å². The average molecular weight is 296 g/mol. The fourth-order valence-electron chi connectivity index (χ4n) is 1.74. The fourth-order valence-corrected chi connectivity index (χ4v) is 2.98. The molecule has 5 nitrogen and oxygen atoms in total.